The lowest BCUT2D eigenvalue weighted by atomic mass is 9.70. The van der Waals surface area contributed by atoms with E-state index in [9.17, 15) is 5.11 Å². The van der Waals surface area contributed by atoms with Crippen molar-refractivity contribution in [2.75, 3.05) is 11.5 Å². The average Bonchev–Trinajstić information content (AvgIpc) is 2.26. The fourth-order valence-corrected chi connectivity index (χ4v) is 4.12. The Morgan fingerprint density at radius 1 is 1.29 bits per heavy atom. The molecule has 1 atom stereocenters. The van der Waals surface area contributed by atoms with Crippen molar-refractivity contribution >= 4 is 27.7 Å². The van der Waals surface area contributed by atoms with Crippen molar-refractivity contribution in [1.29, 1.82) is 0 Å². The minimum atomic E-state index is -0.580. The summed E-state index contributed by atoms with van der Waals surface area (Å²) in [4.78, 5) is 0. The van der Waals surface area contributed by atoms with E-state index >= 15 is 0 Å². The van der Waals surface area contributed by atoms with Gasteiger partial charge in [-0.15, -0.1) is 0 Å². The normalized spacial score (nSPS) is 28.0. The Labute approximate surface area is 116 Å². The lowest BCUT2D eigenvalue weighted by Gasteiger charge is -2.46. The molecule has 94 valence electrons. The molecule has 0 radical (unpaired) electrons. The summed E-state index contributed by atoms with van der Waals surface area (Å²) in [6, 6.07) is 8.28. The molecule has 1 aliphatic heterocycles. The summed E-state index contributed by atoms with van der Waals surface area (Å²) in [5, 5.41) is 10.9. The standard InChI is InChI=1S/C14H19BrOS/c1-13(2)7-8-17-10-14(13,16)9-11-3-5-12(15)6-4-11/h3-6,16H,7-10H2,1-2H3. The third kappa shape index (κ3) is 2.88. The van der Waals surface area contributed by atoms with Crippen LogP contribution in [0.25, 0.3) is 0 Å². The number of hydrogen-bond acceptors (Lipinski definition) is 2. The number of hydrogen-bond donors (Lipinski definition) is 1. The highest BCUT2D eigenvalue weighted by Gasteiger charge is 2.45. The van der Waals surface area contributed by atoms with Crippen LogP contribution >= 0.6 is 27.7 Å². The molecule has 0 saturated carbocycles. The molecule has 1 aliphatic rings. The van der Waals surface area contributed by atoms with E-state index < -0.39 is 5.60 Å². The maximum absolute atomic E-state index is 10.9. The first-order valence-electron chi connectivity index (χ1n) is 5.98. The number of halogens is 1. The SMILES string of the molecule is CC1(C)CCSCC1(O)Cc1ccc(Br)cc1. The van der Waals surface area contributed by atoms with E-state index in [0.717, 1.165) is 28.8 Å². The maximum atomic E-state index is 10.9. The van der Waals surface area contributed by atoms with Gasteiger partial charge in [0.15, 0.2) is 0 Å². The molecule has 1 fully saturated rings. The lowest BCUT2D eigenvalue weighted by Crippen LogP contribution is -2.51. The van der Waals surface area contributed by atoms with Gasteiger partial charge in [0.05, 0.1) is 5.60 Å². The number of benzene rings is 1. The maximum Gasteiger partial charge on any atom is 0.0828 e. The van der Waals surface area contributed by atoms with Crippen LogP contribution in [0.3, 0.4) is 0 Å². The molecule has 1 unspecified atom stereocenters. The van der Waals surface area contributed by atoms with Gasteiger partial charge in [0.1, 0.15) is 0 Å². The summed E-state index contributed by atoms with van der Waals surface area (Å²) in [5.41, 5.74) is 0.640. The summed E-state index contributed by atoms with van der Waals surface area (Å²) >= 11 is 5.31. The van der Waals surface area contributed by atoms with E-state index in [1.807, 2.05) is 23.9 Å². The molecule has 1 aromatic rings. The van der Waals surface area contributed by atoms with Crippen LogP contribution in [0.1, 0.15) is 25.8 Å². The molecule has 17 heavy (non-hydrogen) atoms. The Hall–Kier alpha value is 0.01000. The molecule has 2 rings (SSSR count). The minimum Gasteiger partial charge on any atom is -0.388 e. The molecule has 0 amide bonds. The van der Waals surface area contributed by atoms with Crippen molar-refractivity contribution < 1.29 is 5.11 Å². The van der Waals surface area contributed by atoms with Gasteiger partial charge in [0.25, 0.3) is 0 Å². The second-order valence-corrected chi connectivity index (χ2v) is 7.54. The predicted molar refractivity (Wildman–Crippen MR) is 78.5 cm³/mol. The van der Waals surface area contributed by atoms with Gasteiger partial charge in [-0.2, -0.15) is 11.8 Å². The van der Waals surface area contributed by atoms with Crippen LogP contribution in [0.4, 0.5) is 0 Å². The minimum absolute atomic E-state index is 0.00528. The summed E-state index contributed by atoms with van der Waals surface area (Å²) in [7, 11) is 0. The third-order valence-electron chi connectivity index (χ3n) is 3.88. The first-order valence-corrected chi connectivity index (χ1v) is 7.92. The summed E-state index contributed by atoms with van der Waals surface area (Å²) < 4.78 is 1.09. The van der Waals surface area contributed by atoms with Crippen molar-refractivity contribution in [2.24, 2.45) is 5.41 Å². The molecule has 0 aromatic heterocycles. The van der Waals surface area contributed by atoms with E-state index in [2.05, 4.69) is 41.9 Å². The topological polar surface area (TPSA) is 20.2 Å². The van der Waals surface area contributed by atoms with Gasteiger partial charge in [-0.25, -0.2) is 0 Å². The molecule has 0 bridgehead atoms. The van der Waals surface area contributed by atoms with Gasteiger partial charge < -0.3 is 5.11 Å². The van der Waals surface area contributed by atoms with Crippen molar-refractivity contribution in [3.63, 3.8) is 0 Å². The Morgan fingerprint density at radius 2 is 1.94 bits per heavy atom. The van der Waals surface area contributed by atoms with Gasteiger partial charge in [-0.1, -0.05) is 41.9 Å². The predicted octanol–water partition coefficient (Wildman–Crippen LogP) is 3.89. The van der Waals surface area contributed by atoms with Crippen LogP contribution < -0.4 is 0 Å². The summed E-state index contributed by atoms with van der Waals surface area (Å²) in [5.74, 6) is 2.01. The molecule has 1 N–H and O–H groups in total. The fraction of sp³-hybridized carbons (Fsp3) is 0.571. The van der Waals surface area contributed by atoms with Crippen molar-refractivity contribution in [1.82, 2.24) is 0 Å². The fourth-order valence-electron chi connectivity index (χ4n) is 2.23. The smallest absolute Gasteiger partial charge is 0.0828 e. The van der Waals surface area contributed by atoms with Crippen molar-refractivity contribution in [3.8, 4) is 0 Å². The van der Waals surface area contributed by atoms with Crippen molar-refractivity contribution in [2.45, 2.75) is 32.3 Å². The zero-order valence-electron chi connectivity index (χ0n) is 10.4. The number of aliphatic hydroxyl groups is 1. The van der Waals surface area contributed by atoms with Crippen LogP contribution in [0.15, 0.2) is 28.7 Å². The Kier molecular flexibility index (Phi) is 3.91. The van der Waals surface area contributed by atoms with Crippen LogP contribution in [0.5, 0.6) is 0 Å². The van der Waals surface area contributed by atoms with Crippen LogP contribution in [-0.2, 0) is 6.42 Å². The summed E-state index contributed by atoms with van der Waals surface area (Å²) in [6.07, 6.45) is 1.84. The first-order chi connectivity index (χ1) is 7.93. The zero-order valence-corrected chi connectivity index (χ0v) is 12.8. The number of rotatable bonds is 2. The van der Waals surface area contributed by atoms with E-state index in [1.54, 1.807) is 0 Å². The first kappa shape index (κ1) is 13.4. The molecule has 1 aromatic carbocycles. The van der Waals surface area contributed by atoms with Crippen LogP contribution in [0, 0.1) is 5.41 Å². The lowest BCUT2D eigenvalue weighted by molar-refractivity contribution is -0.0512. The Balaban J connectivity index is 2.18. The highest BCUT2D eigenvalue weighted by Crippen LogP contribution is 2.44. The average molecular weight is 315 g/mol. The molecule has 1 saturated heterocycles. The van der Waals surface area contributed by atoms with Gasteiger partial charge in [0, 0.05) is 16.6 Å². The van der Waals surface area contributed by atoms with Gasteiger partial charge >= 0.3 is 0 Å². The second-order valence-electron chi connectivity index (χ2n) is 5.52. The number of thioether (sulfide) groups is 1. The molecular weight excluding hydrogens is 296 g/mol. The Morgan fingerprint density at radius 3 is 2.53 bits per heavy atom. The highest BCUT2D eigenvalue weighted by molar-refractivity contribution is 9.10. The Bertz CT molecular complexity index is 388. The van der Waals surface area contributed by atoms with Gasteiger partial charge in [-0.3, -0.25) is 0 Å². The van der Waals surface area contributed by atoms with E-state index in [1.165, 1.54) is 5.56 Å². The molecule has 1 nitrogen and oxygen atoms in total. The van der Waals surface area contributed by atoms with E-state index in [0.29, 0.717) is 0 Å². The van der Waals surface area contributed by atoms with E-state index in [4.69, 9.17) is 0 Å². The third-order valence-corrected chi connectivity index (χ3v) is 5.58. The van der Waals surface area contributed by atoms with Crippen LogP contribution in [0.2, 0.25) is 0 Å². The van der Waals surface area contributed by atoms with Gasteiger partial charge in [-0.05, 0) is 35.3 Å². The second kappa shape index (κ2) is 4.94. The molecule has 1 heterocycles. The van der Waals surface area contributed by atoms with E-state index in [-0.39, 0.29) is 5.41 Å². The van der Waals surface area contributed by atoms with Crippen LogP contribution in [-0.4, -0.2) is 22.2 Å². The molecule has 0 spiro atoms. The largest absolute Gasteiger partial charge is 0.388 e. The highest BCUT2D eigenvalue weighted by atomic mass is 79.9. The molecule has 0 aliphatic carbocycles. The monoisotopic (exact) mass is 314 g/mol. The van der Waals surface area contributed by atoms with Crippen molar-refractivity contribution in [3.05, 3.63) is 34.3 Å². The summed E-state index contributed by atoms with van der Waals surface area (Å²) in [6.45, 7) is 4.37. The molecule has 3 heteroatoms. The quantitative estimate of drug-likeness (QED) is 0.893. The zero-order chi connectivity index (χ0) is 12.5. The molecular formula is C14H19BrOS. The van der Waals surface area contributed by atoms with Gasteiger partial charge in [0.2, 0.25) is 0 Å².